The molecule has 0 N–H and O–H groups in total. The van der Waals surface area contributed by atoms with Gasteiger partial charge >= 0.3 is 0 Å². The van der Waals surface area contributed by atoms with E-state index in [0.29, 0.717) is 17.4 Å². The summed E-state index contributed by atoms with van der Waals surface area (Å²) in [6, 6.07) is 4.34. The third-order valence-corrected chi connectivity index (χ3v) is 3.33. The van der Waals surface area contributed by atoms with Gasteiger partial charge in [0.05, 0.1) is 12.4 Å². The molecule has 0 unspecified atom stereocenters. The standard InChI is InChI=1S/C16H15F3NOS.Y/c1-11-4-3-5-15(20(11)9-16(18)19)13-7-6-12(8-14(13)17)21-10-22-2;/h3-4,6-8,16H,1,9-10H2,2H3;/q-1;. The Morgan fingerprint density at radius 1 is 1.39 bits per heavy atom. The number of thioether (sulfide) groups is 1. The molecule has 0 saturated carbocycles. The predicted octanol–water partition coefficient (Wildman–Crippen LogP) is 4.32. The molecular weight excluding hydrogens is 400 g/mol. The van der Waals surface area contributed by atoms with Crippen molar-refractivity contribution in [3.05, 3.63) is 60.1 Å². The quantitative estimate of drug-likeness (QED) is 0.508. The minimum atomic E-state index is -2.56. The van der Waals surface area contributed by atoms with Gasteiger partial charge in [-0.2, -0.15) is 12.2 Å². The maximum Gasteiger partial charge on any atom is 0.256 e. The van der Waals surface area contributed by atoms with Gasteiger partial charge in [-0.1, -0.05) is 17.8 Å². The number of allylic oxidation sites excluding steroid dienone is 3. The van der Waals surface area contributed by atoms with Gasteiger partial charge in [-0.25, -0.2) is 13.2 Å². The first-order chi connectivity index (χ1) is 10.5. The monoisotopic (exact) mass is 415 g/mol. The predicted molar refractivity (Wildman–Crippen MR) is 83.1 cm³/mol. The zero-order valence-electron chi connectivity index (χ0n) is 12.6. The van der Waals surface area contributed by atoms with Gasteiger partial charge in [-0.3, -0.25) is 0 Å². The van der Waals surface area contributed by atoms with E-state index in [2.05, 4.69) is 12.7 Å². The van der Waals surface area contributed by atoms with Gasteiger partial charge in [0.15, 0.2) is 0 Å². The number of halogens is 3. The molecule has 2 rings (SSSR count). The van der Waals surface area contributed by atoms with Gasteiger partial charge in [-0.15, -0.1) is 23.9 Å². The van der Waals surface area contributed by atoms with Crippen LogP contribution in [-0.2, 0) is 32.7 Å². The van der Waals surface area contributed by atoms with Crippen LogP contribution in [0.2, 0.25) is 0 Å². The summed E-state index contributed by atoms with van der Waals surface area (Å²) in [5.41, 5.74) is 0.792. The van der Waals surface area contributed by atoms with E-state index in [1.54, 1.807) is 12.1 Å². The SMILES string of the molecule is C=C1C=C[C-]=C(c2ccc(OCSC)cc2F)N1CC(F)F.[Y]. The molecule has 1 aromatic rings. The van der Waals surface area contributed by atoms with Crippen LogP contribution in [0, 0.1) is 11.9 Å². The summed E-state index contributed by atoms with van der Waals surface area (Å²) in [4.78, 5) is 1.26. The van der Waals surface area contributed by atoms with Gasteiger partial charge in [0.2, 0.25) is 0 Å². The zero-order valence-corrected chi connectivity index (χ0v) is 16.2. The van der Waals surface area contributed by atoms with Crippen molar-refractivity contribution in [1.29, 1.82) is 0 Å². The Morgan fingerprint density at radius 2 is 2.13 bits per heavy atom. The van der Waals surface area contributed by atoms with Crippen molar-refractivity contribution in [2.45, 2.75) is 6.43 Å². The summed E-state index contributed by atoms with van der Waals surface area (Å²) < 4.78 is 45.0. The smallest absolute Gasteiger partial charge is 0.256 e. The van der Waals surface area contributed by atoms with Gasteiger partial charge in [0, 0.05) is 38.8 Å². The van der Waals surface area contributed by atoms with Crippen molar-refractivity contribution in [2.75, 3.05) is 18.7 Å². The van der Waals surface area contributed by atoms with Crippen molar-refractivity contribution in [3.63, 3.8) is 0 Å². The summed E-state index contributed by atoms with van der Waals surface area (Å²) in [6.07, 6.45) is 5.21. The van der Waals surface area contributed by atoms with E-state index < -0.39 is 18.8 Å². The van der Waals surface area contributed by atoms with Gasteiger partial charge in [0.25, 0.3) is 6.43 Å². The van der Waals surface area contributed by atoms with Crippen molar-refractivity contribution >= 4 is 17.5 Å². The van der Waals surface area contributed by atoms with Crippen LogP contribution in [0.3, 0.4) is 0 Å². The van der Waals surface area contributed by atoms with Gasteiger partial charge < -0.3 is 9.64 Å². The fourth-order valence-electron chi connectivity index (χ4n) is 2.00. The Kier molecular flexibility index (Phi) is 8.44. The van der Waals surface area contributed by atoms with Crippen LogP contribution < -0.4 is 4.74 Å². The second kappa shape index (κ2) is 9.55. The Morgan fingerprint density at radius 3 is 2.74 bits per heavy atom. The molecular formula is C16H15F3NOSY-. The van der Waals surface area contributed by atoms with Crippen molar-refractivity contribution in [3.8, 4) is 5.75 Å². The Labute approximate surface area is 163 Å². The largest absolute Gasteiger partial charge is 0.483 e. The Bertz CT molecular complexity index is 619. The first kappa shape index (κ1) is 20.3. The Hall–Kier alpha value is -0.716. The average molecular weight is 415 g/mol. The van der Waals surface area contributed by atoms with Gasteiger partial charge in [-0.05, 0) is 18.0 Å². The third kappa shape index (κ3) is 5.40. The van der Waals surface area contributed by atoms with Gasteiger partial charge in [0.1, 0.15) is 11.7 Å². The maximum absolute atomic E-state index is 14.3. The number of ether oxygens (including phenoxy) is 1. The summed E-state index contributed by atoms with van der Waals surface area (Å²) in [6.45, 7) is 3.15. The summed E-state index contributed by atoms with van der Waals surface area (Å²) in [7, 11) is 0. The minimum absolute atomic E-state index is 0. The van der Waals surface area contributed by atoms with Crippen molar-refractivity contribution in [2.24, 2.45) is 0 Å². The number of alkyl halides is 2. The molecule has 1 aliphatic heterocycles. The van der Waals surface area contributed by atoms with E-state index >= 15 is 0 Å². The summed E-state index contributed by atoms with van der Waals surface area (Å²) >= 11 is 1.47. The molecule has 0 bridgehead atoms. The fourth-order valence-corrected chi connectivity index (χ4v) is 2.26. The van der Waals surface area contributed by atoms with Crippen LogP contribution in [0.25, 0.3) is 5.70 Å². The van der Waals surface area contributed by atoms with Crippen molar-refractivity contribution < 1.29 is 50.6 Å². The van der Waals surface area contributed by atoms with E-state index in [1.165, 1.54) is 34.9 Å². The third-order valence-electron chi connectivity index (χ3n) is 2.97. The number of nitrogens with zero attached hydrogens (tertiary/aromatic N) is 1. The molecule has 0 aliphatic carbocycles. The second-order valence-corrected chi connectivity index (χ2v) is 5.32. The number of benzene rings is 1. The summed E-state index contributed by atoms with van der Waals surface area (Å²) in [5.74, 6) is 0.246. The molecule has 1 aromatic carbocycles. The number of hydrogen-bond donors (Lipinski definition) is 0. The van der Waals surface area contributed by atoms with Crippen LogP contribution in [0.15, 0.2) is 42.6 Å². The van der Waals surface area contributed by atoms with Crippen molar-refractivity contribution in [1.82, 2.24) is 4.90 Å². The zero-order chi connectivity index (χ0) is 16.1. The first-order valence-corrected chi connectivity index (χ1v) is 7.88. The normalized spacial score (nSPS) is 13.9. The molecule has 23 heavy (non-hydrogen) atoms. The van der Waals surface area contributed by atoms with E-state index in [4.69, 9.17) is 4.74 Å². The number of rotatable bonds is 6. The average Bonchev–Trinajstić information content (AvgIpc) is 2.47. The molecule has 1 heterocycles. The molecule has 0 saturated heterocycles. The molecule has 0 spiro atoms. The van der Waals surface area contributed by atoms with Crippen LogP contribution in [0.1, 0.15) is 5.56 Å². The van der Waals surface area contributed by atoms with Crippen LogP contribution in [0.5, 0.6) is 5.75 Å². The molecule has 0 aromatic heterocycles. The topological polar surface area (TPSA) is 12.5 Å². The fraction of sp³-hybridized carbons (Fsp3) is 0.250. The molecule has 121 valence electrons. The molecule has 0 fully saturated rings. The molecule has 0 amide bonds. The van der Waals surface area contributed by atoms with Crippen LogP contribution in [-0.4, -0.2) is 30.1 Å². The second-order valence-electron chi connectivity index (χ2n) is 4.51. The van der Waals surface area contributed by atoms with E-state index in [9.17, 15) is 13.2 Å². The molecule has 2 nitrogen and oxygen atoms in total. The number of hydrogen-bond acceptors (Lipinski definition) is 3. The molecule has 0 atom stereocenters. The van der Waals surface area contributed by atoms with Crippen LogP contribution in [0.4, 0.5) is 13.2 Å². The first-order valence-electron chi connectivity index (χ1n) is 6.49. The summed E-state index contributed by atoms with van der Waals surface area (Å²) in [5, 5.41) is 0. The van der Waals surface area contributed by atoms with E-state index in [-0.39, 0.29) is 44.0 Å². The molecule has 1 aliphatic rings. The minimum Gasteiger partial charge on any atom is -0.483 e. The van der Waals surface area contributed by atoms with E-state index in [1.807, 2.05) is 6.26 Å². The molecule has 1 radical (unpaired) electrons. The Balaban J connectivity index is 0.00000264. The van der Waals surface area contributed by atoms with Crippen LogP contribution >= 0.6 is 11.8 Å². The maximum atomic E-state index is 14.3. The molecule has 7 heteroatoms. The van der Waals surface area contributed by atoms with E-state index in [0.717, 1.165) is 0 Å².